The summed E-state index contributed by atoms with van der Waals surface area (Å²) < 4.78 is 5.10. The van der Waals surface area contributed by atoms with Crippen molar-refractivity contribution in [3.63, 3.8) is 0 Å². The summed E-state index contributed by atoms with van der Waals surface area (Å²) in [7, 11) is 0. The first-order chi connectivity index (χ1) is 9.31. The van der Waals surface area contributed by atoms with Gasteiger partial charge in [-0.1, -0.05) is 71.6 Å². The molecule has 113 valence electrons. The van der Waals surface area contributed by atoms with Crippen molar-refractivity contribution < 1.29 is 9.53 Å². The van der Waals surface area contributed by atoms with Gasteiger partial charge in [0.2, 0.25) is 0 Å². The molecule has 0 bridgehead atoms. The van der Waals surface area contributed by atoms with Crippen molar-refractivity contribution >= 4 is 5.97 Å². The van der Waals surface area contributed by atoms with Gasteiger partial charge < -0.3 is 4.74 Å². The molecule has 0 N–H and O–H groups in total. The number of hydrogen-bond acceptors (Lipinski definition) is 2. The summed E-state index contributed by atoms with van der Waals surface area (Å²) in [4.78, 5) is 11.4. The van der Waals surface area contributed by atoms with E-state index in [9.17, 15) is 4.79 Å². The van der Waals surface area contributed by atoms with Crippen LogP contribution in [0.3, 0.4) is 0 Å². The summed E-state index contributed by atoms with van der Waals surface area (Å²) in [5.41, 5.74) is 0. The molecule has 0 aliphatic heterocycles. The molecule has 0 saturated carbocycles. The van der Waals surface area contributed by atoms with Crippen molar-refractivity contribution in [3.05, 3.63) is 6.61 Å². The quantitative estimate of drug-likeness (QED) is 0.294. The van der Waals surface area contributed by atoms with E-state index in [2.05, 4.69) is 13.8 Å². The Morgan fingerprint density at radius 3 is 1.95 bits per heavy atom. The van der Waals surface area contributed by atoms with Crippen LogP contribution in [-0.4, -0.2) is 5.97 Å². The van der Waals surface area contributed by atoms with Crippen molar-refractivity contribution in [2.45, 2.75) is 97.3 Å². The molecule has 19 heavy (non-hydrogen) atoms. The number of rotatable bonds is 14. The maximum atomic E-state index is 11.4. The third-order valence-corrected chi connectivity index (χ3v) is 3.37. The molecule has 0 aliphatic rings. The number of unbranched alkanes of at least 4 members (excludes halogenated alkanes) is 10. The lowest BCUT2D eigenvalue weighted by molar-refractivity contribution is -0.140. The van der Waals surface area contributed by atoms with Gasteiger partial charge in [-0.2, -0.15) is 0 Å². The Balaban J connectivity index is 3.10. The summed E-state index contributed by atoms with van der Waals surface area (Å²) in [5, 5.41) is 0. The van der Waals surface area contributed by atoms with Gasteiger partial charge in [0.15, 0.2) is 0 Å². The number of esters is 1. The first-order valence-electron chi connectivity index (χ1n) is 8.32. The summed E-state index contributed by atoms with van der Waals surface area (Å²) >= 11 is 0. The van der Waals surface area contributed by atoms with E-state index < -0.39 is 0 Å². The number of ether oxygens (including phenoxy) is 1. The molecule has 0 aromatic rings. The Bertz CT molecular complexity index is 190. The van der Waals surface area contributed by atoms with E-state index in [1.165, 1.54) is 51.4 Å². The molecule has 0 aromatic carbocycles. The van der Waals surface area contributed by atoms with Crippen LogP contribution in [0, 0.1) is 6.61 Å². The van der Waals surface area contributed by atoms with Crippen LogP contribution in [0.15, 0.2) is 0 Å². The van der Waals surface area contributed by atoms with Crippen LogP contribution < -0.4 is 0 Å². The van der Waals surface area contributed by atoms with Crippen molar-refractivity contribution in [2.75, 3.05) is 0 Å². The van der Waals surface area contributed by atoms with Gasteiger partial charge >= 0.3 is 5.97 Å². The van der Waals surface area contributed by atoms with E-state index in [0.29, 0.717) is 6.42 Å². The van der Waals surface area contributed by atoms with Gasteiger partial charge in [0, 0.05) is 6.42 Å². The van der Waals surface area contributed by atoms with Crippen LogP contribution in [-0.2, 0) is 9.53 Å². The first kappa shape index (κ1) is 18.5. The minimum Gasteiger partial charge on any atom is -0.458 e. The zero-order valence-electron chi connectivity index (χ0n) is 13.1. The number of carbonyl (C=O) groups is 1. The lowest BCUT2D eigenvalue weighted by Gasteiger charge is -2.04. The van der Waals surface area contributed by atoms with Crippen LogP contribution in [0.25, 0.3) is 0 Å². The van der Waals surface area contributed by atoms with E-state index in [1.807, 2.05) is 0 Å². The van der Waals surface area contributed by atoms with E-state index >= 15 is 0 Å². The van der Waals surface area contributed by atoms with Crippen molar-refractivity contribution in [2.24, 2.45) is 0 Å². The highest BCUT2D eigenvalue weighted by Gasteiger charge is 2.02. The van der Waals surface area contributed by atoms with Gasteiger partial charge in [0.25, 0.3) is 0 Å². The van der Waals surface area contributed by atoms with Gasteiger partial charge in [0.1, 0.15) is 6.61 Å². The predicted molar refractivity (Wildman–Crippen MR) is 81.8 cm³/mol. The van der Waals surface area contributed by atoms with E-state index in [0.717, 1.165) is 25.7 Å². The van der Waals surface area contributed by atoms with Crippen LogP contribution in [0.5, 0.6) is 0 Å². The maximum Gasteiger partial charge on any atom is 0.306 e. The van der Waals surface area contributed by atoms with Gasteiger partial charge in [-0.25, -0.2) is 0 Å². The Morgan fingerprint density at radius 1 is 0.789 bits per heavy atom. The van der Waals surface area contributed by atoms with Crippen LogP contribution in [0.1, 0.15) is 97.3 Å². The molecule has 0 aromatic heterocycles. The standard InChI is InChI=1S/C17H33O2/c1-3-5-7-9-10-11-12-14-16-19-17(18)15-13-8-6-4-2/h16H,3-15H2,1-2H3. The fourth-order valence-electron chi connectivity index (χ4n) is 2.09. The third kappa shape index (κ3) is 15.4. The Labute approximate surface area is 120 Å². The predicted octanol–water partition coefficient (Wildman–Crippen LogP) is 5.80. The molecule has 0 spiro atoms. The van der Waals surface area contributed by atoms with Crippen molar-refractivity contribution in [1.29, 1.82) is 0 Å². The Kier molecular flexibility index (Phi) is 15.1. The molecule has 0 atom stereocenters. The molecule has 0 aliphatic carbocycles. The zero-order chi connectivity index (χ0) is 14.2. The molecule has 2 heteroatoms. The molecule has 2 nitrogen and oxygen atoms in total. The molecule has 0 unspecified atom stereocenters. The summed E-state index contributed by atoms with van der Waals surface area (Å²) in [6.07, 6.45) is 15.1. The monoisotopic (exact) mass is 269 g/mol. The maximum absolute atomic E-state index is 11.4. The van der Waals surface area contributed by atoms with Crippen LogP contribution >= 0.6 is 0 Å². The zero-order valence-corrected chi connectivity index (χ0v) is 13.1. The fraction of sp³-hybridized carbons (Fsp3) is 0.882. The largest absolute Gasteiger partial charge is 0.458 e. The van der Waals surface area contributed by atoms with E-state index in [1.54, 1.807) is 6.61 Å². The lowest BCUT2D eigenvalue weighted by atomic mass is 10.1. The smallest absolute Gasteiger partial charge is 0.306 e. The van der Waals surface area contributed by atoms with Crippen molar-refractivity contribution in [1.82, 2.24) is 0 Å². The minimum absolute atomic E-state index is 0.0564. The average molecular weight is 269 g/mol. The molecule has 0 amide bonds. The molecule has 0 fully saturated rings. The second-order valence-corrected chi connectivity index (χ2v) is 5.38. The van der Waals surface area contributed by atoms with E-state index in [4.69, 9.17) is 4.74 Å². The number of carbonyl (C=O) groups excluding carboxylic acids is 1. The van der Waals surface area contributed by atoms with Crippen LogP contribution in [0.4, 0.5) is 0 Å². The topological polar surface area (TPSA) is 26.3 Å². The van der Waals surface area contributed by atoms with Gasteiger partial charge in [-0.15, -0.1) is 0 Å². The van der Waals surface area contributed by atoms with Crippen LogP contribution in [0.2, 0.25) is 0 Å². The third-order valence-electron chi connectivity index (χ3n) is 3.37. The molecule has 0 rings (SSSR count). The molecule has 1 radical (unpaired) electrons. The normalized spacial score (nSPS) is 10.6. The SMILES string of the molecule is CCCCCCCCC[CH]OC(=O)CCCCCC. The highest BCUT2D eigenvalue weighted by Crippen LogP contribution is 2.10. The Hall–Kier alpha value is -0.530. The first-order valence-corrected chi connectivity index (χ1v) is 8.32. The van der Waals surface area contributed by atoms with E-state index in [-0.39, 0.29) is 5.97 Å². The molecule has 0 saturated heterocycles. The highest BCUT2D eigenvalue weighted by molar-refractivity contribution is 5.69. The average Bonchev–Trinajstić information content (AvgIpc) is 2.42. The summed E-state index contributed by atoms with van der Waals surface area (Å²) in [5.74, 6) is -0.0564. The minimum atomic E-state index is -0.0564. The van der Waals surface area contributed by atoms with Gasteiger partial charge in [-0.3, -0.25) is 4.79 Å². The number of hydrogen-bond donors (Lipinski definition) is 0. The lowest BCUT2D eigenvalue weighted by Crippen LogP contribution is -2.02. The summed E-state index contributed by atoms with van der Waals surface area (Å²) in [6, 6.07) is 0. The highest BCUT2D eigenvalue weighted by atomic mass is 16.5. The second-order valence-electron chi connectivity index (χ2n) is 5.38. The second kappa shape index (κ2) is 15.5. The van der Waals surface area contributed by atoms with Gasteiger partial charge in [-0.05, 0) is 19.3 Å². The van der Waals surface area contributed by atoms with Crippen molar-refractivity contribution in [3.8, 4) is 0 Å². The molecular weight excluding hydrogens is 236 g/mol. The summed E-state index contributed by atoms with van der Waals surface area (Å²) in [6.45, 7) is 6.12. The Morgan fingerprint density at radius 2 is 1.32 bits per heavy atom. The fourth-order valence-corrected chi connectivity index (χ4v) is 2.09. The molecular formula is C17H33O2. The van der Waals surface area contributed by atoms with Gasteiger partial charge in [0.05, 0.1) is 0 Å². The molecule has 0 heterocycles.